The summed E-state index contributed by atoms with van der Waals surface area (Å²) in [4.78, 5) is 2.17. The molecule has 1 heterocycles. The quantitative estimate of drug-likeness (QED) is 0.563. The van der Waals surface area contributed by atoms with Gasteiger partial charge in [-0.3, -0.25) is 4.90 Å². The van der Waals surface area contributed by atoms with Crippen molar-refractivity contribution in [2.24, 2.45) is 5.41 Å². The zero-order valence-corrected chi connectivity index (χ0v) is 9.52. The van der Waals surface area contributed by atoms with Gasteiger partial charge in [-0.1, -0.05) is 20.8 Å². The van der Waals surface area contributed by atoms with Crippen molar-refractivity contribution in [1.29, 1.82) is 0 Å². The summed E-state index contributed by atoms with van der Waals surface area (Å²) in [5, 5.41) is 0. The monoisotopic (exact) mass is 187 g/mol. The van der Waals surface area contributed by atoms with Crippen LogP contribution in [-0.4, -0.2) is 30.2 Å². The number of likely N-dealkylation sites (tertiary alicyclic amines) is 1. The van der Waals surface area contributed by atoms with Crippen molar-refractivity contribution in [1.82, 2.24) is 4.90 Å². The summed E-state index contributed by atoms with van der Waals surface area (Å²) < 4.78 is 13.6. The molecule has 78 valence electrons. The van der Waals surface area contributed by atoms with E-state index in [1.165, 1.54) is 0 Å². The minimum Gasteiger partial charge on any atom is -0.300 e. The van der Waals surface area contributed by atoms with Gasteiger partial charge in [0.05, 0.1) is 0 Å². The van der Waals surface area contributed by atoms with E-state index in [4.69, 9.17) is 0 Å². The van der Waals surface area contributed by atoms with Crippen LogP contribution in [0.2, 0.25) is 0 Å². The van der Waals surface area contributed by atoms with Gasteiger partial charge in [0.25, 0.3) is 0 Å². The van der Waals surface area contributed by atoms with E-state index in [1.807, 2.05) is 7.05 Å². The van der Waals surface area contributed by atoms with Crippen molar-refractivity contribution in [2.45, 2.75) is 52.2 Å². The first-order chi connectivity index (χ1) is 5.72. The first-order valence-corrected chi connectivity index (χ1v) is 5.11. The topological polar surface area (TPSA) is 3.24 Å². The highest BCUT2D eigenvalue weighted by Crippen LogP contribution is 2.35. The van der Waals surface area contributed by atoms with Crippen LogP contribution in [0.5, 0.6) is 0 Å². The van der Waals surface area contributed by atoms with Crippen LogP contribution in [0.25, 0.3) is 0 Å². The Kier molecular flexibility index (Phi) is 2.73. The predicted octanol–water partition coefficient (Wildman–Crippen LogP) is 2.85. The van der Waals surface area contributed by atoms with E-state index in [-0.39, 0.29) is 5.41 Å². The molecule has 0 spiro atoms. The maximum absolute atomic E-state index is 13.6. The summed E-state index contributed by atoms with van der Waals surface area (Å²) in [6.45, 7) is 8.98. The average molecular weight is 187 g/mol. The first-order valence-electron chi connectivity index (χ1n) is 5.11. The molecule has 0 N–H and O–H groups in total. The molecule has 1 rings (SSSR count). The molecule has 0 aromatic heterocycles. The number of nitrogens with zero attached hydrogens (tertiary/aromatic N) is 1. The van der Waals surface area contributed by atoms with Crippen molar-refractivity contribution >= 4 is 0 Å². The zero-order valence-electron chi connectivity index (χ0n) is 9.52. The fourth-order valence-corrected chi connectivity index (χ4v) is 2.46. The molecule has 1 nitrogen and oxygen atoms in total. The zero-order chi connectivity index (χ0) is 10.3. The largest absolute Gasteiger partial charge is 0.300 e. The molecule has 1 aliphatic rings. The number of hydrogen-bond acceptors (Lipinski definition) is 1. The fraction of sp³-hybridized carbons (Fsp3) is 1.00. The Bertz CT molecular complexity index is 181. The van der Waals surface area contributed by atoms with Gasteiger partial charge in [-0.15, -0.1) is 0 Å². The number of hydrogen-bond donors (Lipinski definition) is 0. The average Bonchev–Trinajstić information content (AvgIpc) is 1.80. The van der Waals surface area contributed by atoms with Crippen LogP contribution >= 0.6 is 0 Å². The Labute approximate surface area is 81.3 Å². The van der Waals surface area contributed by atoms with Crippen LogP contribution in [0, 0.1) is 5.41 Å². The highest BCUT2D eigenvalue weighted by atomic mass is 19.1. The van der Waals surface area contributed by atoms with Crippen LogP contribution in [0.15, 0.2) is 0 Å². The number of alkyl halides is 1. The molecule has 1 fully saturated rings. The molecule has 0 saturated carbocycles. The molecule has 0 radical (unpaired) electrons. The van der Waals surface area contributed by atoms with Gasteiger partial charge in [-0.2, -0.15) is 0 Å². The second kappa shape index (κ2) is 3.23. The third-order valence-corrected chi connectivity index (χ3v) is 3.05. The van der Waals surface area contributed by atoms with Crippen LogP contribution in [0.1, 0.15) is 40.5 Å². The standard InChI is InChI=1S/C11H22FN/c1-10(2,3)9-6-7-11(4,12)8-13(9)5/h9H,6-8H2,1-5H3. The molecular weight excluding hydrogens is 165 g/mol. The van der Waals surface area contributed by atoms with Gasteiger partial charge in [-0.05, 0) is 32.2 Å². The van der Waals surface area contributed by atoms with E-state index < -0.39 is 5.67 Å². The van der Waals surface area contributed by atoms with Gasteiger partial charge in [0.2, 0.25) is 0 Å². The molecule has 1 aliphatic heterocycles. The fourth-order valence-electron chi connectivity index (χ4n) is 2.46. The number of halogens is 1. The summed E-state index contributed by atoms with van der Waals surface area (Å²) in [5.74, 6) is 0. The van der Waals surface area contributed by atoms with E-state index in [2.05, 4.69) is 25.7 Å². The lowest BCUT2D eigenvalue weighted by Crippen LogP contribution is -2.52. The van der Waals surface area contributed by atoms with Gasteiger partial charge in [0.1, 0.15) is 5.67 Å². The molecule has 2 heteroatoms. The van der Waals surface area contributed by atoms with Crippen molar-refractivity contribution in [3.63, 3.8) is 0 Å². The summed E-state index contributed by atoms with van der Waals surface area (Å²) in [6, 6.07) is 0.524. The van der Waals surface area contributed by atoms with Crippen LogP contribution in [0.3, 0.4) is 0 Å². The van der Waals surface area contributed by atoms with Gasteiger partial charge in [0, 0.05) is 12.6 Å². The molecule has 0 amide bonds. The lowest BCUT2D eigenvalue weighted by atomic mass is 9.78. The maximum atomic E-state index is 13.6. The van der Waals surface area contributed by atoms with Crippen molar-refractivity contribution in [3.8, 4) is 0 Å². The minimum atomic E-state index is -0.976. The second-order valence-electron chi connectivity index (χ2n) is 5.75. The summed E-state index contributed by atoms with van der Waals surface area (Å²) in [5.41, 5.74) is -0.707. The molecule has 0 aromatic rings. The second-order valence-corrected chi connectivity index (χ2v) is 5.75. The normalized spacial score (nSPS) is 37.8. The molecule has 0 aromatic carbocycles. The predicted molar refractivity (Wildman–Crippen MR) is 54.6 cm³/mol. The van der Waals surface area contributed by atoms with Gasteiger partial charge < -0.3 is 0 Å². The van der Waals surface area contributed by atoms with Crippen LogP contribution in [-0.2, 0) is 0 Å². The van der Waals surface area contributed by atoms with E-state index in [9.17, 15) is 4.39 Å². The minimum absolute atomic E-state index is 0.269. The molecule has 2 atom stereocenters. The van der Waals surface area contributed by atoms with E-state index in [0.29, 0.717) is 19.0 Å². The van der Waals surface area contributed by atoms with E-state index in [1.54, 1.807) is 6.92 Å². The SMILES string of the molecule is CN1CC(C)(F)CCC1C(C)(C)C. The Morgan fingerprint density at radius 1 is 1.38 bits per heavy atom. The van der Waals surface area contributed by atoms with Crippen LogP contribution in [0.4, 0.5) is 4.39 Å². The van der Waals surface area contributed by atoms with Crippen molar-refractivity contribution < 1.29 is 4.39 Å². The number of rotatable bonds is 0. The highest BCUT2D eigenvalue weighted by Gasteiger charge is 2.38. The number of piperidine rings is 1. The third-order valence-electron chi connectivity index (χ3n) is 3.05. The molecule has 13 heavy (non-hydrogen) atoms. The molecule has 1 saturated heterocycles. The van der Waals surface area contributed by atoms with Crippen LogP contribution < -0.4 is 0 Å². The Morgan fingerprint density at radius 2 is 1.92 bits per heavy atom. The smallest absolute Gasteiger partial charge is 0.120 e. The van der Waals surface area contributed by atoms with Crippen molar-refractivity contribution in [3.05, 3.63) is 0 Å². The maximum Gasteiger partial charge on any atom is 0.120 e. The van der Waals surface area contributed by atoms with Gasteiger partial charge in [-0.25, -0.2) is 4.39 Å². The Morgan fingerprint density at radius 3 is 2.31 bits per heavy atom. The van der Waals surface area contributed by atoms with E-state index >= 15 is 0 Å². The van der Waals surface area contributed by atoms with Gasteiger partial charge >= 0.3 is 0 Å². The van der Waals surface area contributed by atoms with E-state index in [0.717, 1.165) is 6.42 Å². The Hall–Kier alpha value is -0.110. The summed E-state index contributed by atoms with van der Waals surface area (Å²) in [7, 11) is 2.03. The molecular formula is C11H22FN. The third kappa shape index (κ3) is 2.67. The molecule has 0 aliphatic carbocycles. The lowest BCUT2D eigenvalue weighted by molar-refractivity contribution is -0.000819. The Balaban J connectivity index is 2.64. The summed E-state index contributed by atoms with van der Waals surface area (Å²) in [6.07, 6.45) is 1.69. The lowest BCUT2D eigenvalue weighted by Gasteiger charge is -2.45. The first kappa shape index (κ1) is 11.0. The van der Waals surface area contributed by atoms with Gasteiger partial charge in [0.15, 0.2) is 0 Å². The summed E-state index contributed by atoms with van der Waals surface area (Å²) >= 11 is 0. The molecule has 0 bridgehead atoms. The van der Waals surface area contributed by atoms with Crippen molar-refractivity contribution in [2.75, 3.05) is 13.6 Å². The highest BCUT2D eigenvalue weighted by molar-refractivity contribution is 4.92. The molecule has 2 unspecified atom stereocenters.